The molecule has 152 valence electrons. The van der Waals surface area contributed by atoms with E-state index >= 15 is 0 Å². The van der Waals surface area contributed by atoms with Gasteiger partial charge in [0.25, 0.3) is 0 Å². The van der Waals surface area contributed by atoms with Gasteiger partial charge in [0.05, 0.1) is 0 Å². The van der Waals surface area contributed by atoms with Gasteiger partial charge < -0.3 is 4.18 Å². The van der Waals surface area contributed by atoms with Crippen molar-refractivity contribution in [3.63, 3.8) is 0 Å². The minimum atomic E-state index is -5.79. The van der Waals surface area contributed by atoms with Crippen LogP contribution in [0.15, 0.2) is 91.0 Å². The van der Waals surface area contributed by atoms with E-state index in [1.807, 2.05) is 42.5 Å². The molecule has 0 fully saturated rings. The summed E-state index contributed by atoms with van der Waals surface area (Å²) in [6.07, 6.45) is 0. The minimum Gasteiger partial charge on any atom is -0.375 e. The van der Waals surface area contributed by atoms with E-state index in [9.17, 15) is 21.6 Å². The van der Waals surface area contributed by atoms with Crippen LogP contribution in [0.5, 0.6) is 5.75 Å². The fourth-order valence-corrected chi connectivity index (χ4v) is 3.64. The van der Waals surface area contributed by atoms with Gasteiger partial charge in [-0.2, -0.15) is 21.6 Å². The number of rotatable bonds is 4. The SMILES string of the molecule is O=S(=O)(Oc1ccc(-c2ccc3ccccc3c2)cc1-c1ccccc1)C(F)(F)F. The topological polar surface area (TPSA) is 43.4 Å². The van der Waals surface area contributed by atoms with Gasteiger partial charge in [-0.15, -0.1) is 0 Å². The maximum atomic E-state index is 12.8. The Balaban J connectivity index is 1.85. The fraction of sp³-hybridized carbons (Fsp3) is 0.0435. The largest absolute Gasteiger partial charge is 0.534 e. The van der Waals surface area contributed by atoms with Crippen molar-refractivity contribution in [2.24, 2.45) is 0 Å². The first-order valence-corrected chi connectivity index (χ1v) is 10.3. The van der Waals surface area contributed by atoms with Crippen LogP contribution in [0, 0.1) is 0 Å². The summed E-state index contributed by atoms with van der Waals surface area (Å²) >= 11 is 0. The number of hydrogen-bond donors (Lipinski definition) is 0. The van der Waals surface area contributed by atoms with E-state index in [-0.39, 0.29) is 11.3 Å². The molecule has 4 aromatic carbocycles. The van der Waals surface area contributed by atoms with Crippen molar-refractivity contribution in [3.05, 3.63) is 91.0 Å². The number of fused-ring (bicyclic) bond motifs is 1. The third-order valence-electron chi connectivity index (χ3n) is 4.63. The molecule has 0 amide bonds. The van der Waals surface area contributed by atoms with E-state index < -0.39 is 15.6 Å². The molecule has 0 aliphatic rings. The lowest BCUT2D eigenvalue weighted by atomic mass is 9.96. The molecule has 0 bridgehead atoms. The highest BCUT2D eigenvalue weighted by atomic mass is 32.2. The molecule has 4 rings (SSSR count). The van der Waals surface area contributed by atoms with Crippen molar-refractivity contribution in [1.82, 2.24) is 0 Å². The molecule has 30 heavy (non-hydrogen) atoms. The van der Waals surface area contributed by atoms with Gasteiger partial charge in [0.1, 0.15) is 0 Å². The van der Waals surface area contributed by atoms with Gasteiger partial charge in [-0.1, -0.05) is 72.8 Å². The molecule has 0 atom stereocenters. The molecule has 3 nitrogen and oxygen atoms in total. The van der Waals surface area contributed by atoms with Crippen molar-refractivity contribution < 1.29 is 25.8 Å². The summed E-state index contributed by atoms with van der Waals surface area (Å²) in [5.41, 5.74) is -3.17. The van der Waals surface area contributed by atoms with Crippen LogP contribution in [0.2, 0.25) is 0 Å². The van der Waals surface area contributed by atoms with Crippen molar-refractivity contribution in [1.29, 1.82) is 0 Å². The van der Waals surface area contributed by atoms with E-state index in [2.05, 4.69) is 4.18 Å². The van der Waals surface area contributed by atoms with E-state index in [0.717, 1.165) is 21.9 Å². The van der Waals surface area contributed by atoms with Gasteiger partial charge >= 0.3 is 15.6 Å². The molecular weight excluding hydrogens is 413 g/mol. The Hall–Kier alpha value is -3.32. The van der Waals surface area contributed by atoms with Crippen LogP contribution in [0.1, 0.15) is 0 Å². The number of benzene rings is 4. The van der Waals surface area contributed by atoms with Crippen molar-refractivity contribution in [3.8, 4) is 28.0 Å². The summed E-state index contributed by atoms with van der Waals surface area (Å²) in [7, 11) is -5.79. The zero-order valence-electron chi connectivity index (χ0n) is 15.4. The smallest absolute Gasteiger partial charge is 0.375 e. The average molecular weight is 428 g/mol. The molecule has 0 radical (unpaired) electrons. The van der Waals surface area contributed by atoms with E-state index in [1.54, 1.807) is 36.4 Å². The van der Waals surface area contributed by atoms with Crippen LogP contribution in [-0.4, -0.2) is 13.9 Å². The summed E-state index contributed by atoms with van der Waals surface area (Å²) in [6.45, 7) is 0. The molecule has 0 saturated carbocycles. The second kappa shape index (κ2) is 7.50. The van der Waals surface area contributed by atoms with Gasteiger partial charge in [0, 0.05) is 5.56 Å². The third-order valence-corrected chi connectivity index (χ3v) is 5.60. The molecule has 4 aromatic rings. The summed E-state index contributed by atoms with van der Waals surface area (Å²) in [4.78, 5) is 0. The minimum absolute atomic E-state index is 0.245. The second-order valence-corrected chi connectivity index (χ2v) is 8.16. The summed E-state index contributed by atoms with van der Waals surface area (Å²) < 4.78 is 66.1. The molecule has 0 unspecified atom stereocenters. The lowest BCUT2D eigenvalue weighted by Crippen LogP contribution is -2.28. The Kier molecular flexibility index (Phi) is 4.99. The molecule has 0 N–H and O–H groups in total. The van der Waals surface area contributed by atoms with Gasteiger partial charge in [-0.25, -0.2) is 0 Å². The lowest BCUT2D eigenvalue weighted by Gasteiger charge is -2.15. The highest BCUT2D eigenvalue weighted by Gasteiger charge is 2.48. The van der Waals surface area contributed by atoms with Crippen LogP contribution in [-0.2, 0) is 10.1 Å². The lowest BCUT2D eigenvalue weighted by molar-refractivity contribution is -0.0499. The van der Waals surface area contributed by atoms with Crippen molar-refractivity contribution >= 4 is 20.9 Å². The Morgan fingerprint density at radius 3 is 1.93 bits per heavy atom. The first-order valence-electron chi connectivity index (χ1n) is 8.94. The average Bonchev–Trinajstić information content (AvgIpc) is 2.73. The predicted molar refractivity (Wildman–Crippen MR) is 110 cm³/mol. The summed E-state index contributed by atoms with van der Waals surface area (Å²) in [6, 6.07) is 26.5. The molecule has 0 aliphatic carbocycles. The van der Waals surface area contributed by atoms with Gasteiger partial charge in [0.15, 0.2) is 5.75 Å². The normalized spacial score (nSPS) is 12.1. The quantitative estimate of drug-likeness (QED) is 0.279. The van der Waals surface area contributed by atoms with Crippen LogP contribution in [0.4, 0.5) is 13.2 Å². The van der Waals surface area contributed by atoms with Crippen molar-refractivity contribution in [2.45, 2.75) is 5.51 Å². The molecule has 0 aliphatic heterocycles. The predicted octanol–water partition coefficient (Wildman–Crippen LogP) is 6.40. The zero-order chi connectivity index (χ0) is 21.4. The second-order valence-electron chi connectivity index (χ2n) is 6.62. The Morgan fingerprint density at radius 1 is 0.633 bits per heavy atom. The van der Waals surface area contributed by atoms with Crippen LogP contribution in [0.25, 0.3) is 33.0 Å². The summed E-state index contributed by atoms with van der Waals surface area (Å²) in [5.74, 6) is -0.386. The molecular formula is C23H15F3O3S. The van der Waals surface area contributed by atoms with E-state index in [1.165, 1.54) is 12.1 Å². The Labute approximate surface area is 171 Å². The van der Waals surface area contributed by atoms with E-state index in [4.69, 9.17) is 0 Å². The Morgan fingerprint density at radius 2 is 1.23 bits per heavy atom. The number of alkyl halides is 3. The van der Waals surface area contributed by atoms with Gasteiger partial charge in [0.2, 0.25) is 0 Å². The summed E-state index contributed by atoms with van der Waals surface area (Å²) in [5, 5.41) is 2.07. The van der Waals surface area contributed by atoms with Crippen LogP contribution >= 0.6 is 0 Å². The number of hydrogen-bond acceptors (Lipinski definition) is 3. The third kappa shape index (κ3) is 3.89. The van der Waals surface area contributed by atoms with Gasteiger partial charge in [-0.3, -0.25) is 0 Å². The van der Waals surface area contributed by atoms with Gasteiger partial charge in [-0.05, 0) is 45.7 Å². The first-order chi connectivity index (χ1) is 14.2. The van der Waals surface area contributed by atoms with Crippen LogP contribution < -0.4 is 4.18 Å². The standard InChI is InChI=1S/C23H15F3O3S/c24-23(25,26)30(27,28)29-22-13-12-20(15-21(22)17-7-2-1-3-8-17)19-11-10-16-6-4-5-9-18(16)14-19/h1-15H. The first kappa shape index (κ1) is 20.0. The maximum absolute atomic E-state index is 12.8. The van der Waals surface area contributed by atoms with Crippen LogP contribution in [0.3, 0.4) is 0 Å². The molecule has 0 spiro atoms. The molecule has 0 aromatic heterocycles. The maximum Gasteiger partial charge on any atom is 0.534 e. The fourth-order valence-electron chi connectivity index (χ4n) is 3.16. The molecule has 0 heterocycles. The zero-order valence-corrected chi connectivity index (χ0v) is 16.2. The highest BCUT2D eigenvalue weighted by Crippen LogP contribution is 2.37. The monoisotopic (exact) mass is 428 g/mol. The number of halogens is 3. The molecule has 7 heteroatoms. The molecule has 0 saturated heterocycles. The van der Waals surface area contributed by atoms with Crippen molar-refractivity contribution in [2.75, 3.05) is 0 Å². The Bertz CT molecular complexity index is 1310. The van der Waals surface area contributed by atoms with E-state index in [0.29, 0.717) is 5.56 Å². The highest BCUT2D eigenvalue weighted by molar-refractivity contribution is 7.88.